The highest BCUT2D eigenvalue weighted by Crippen LogP contribution is 2.28. The minimum absolute atomic E-state index is 0.00485. The van der Waals surface area contributed by atoms with E-state index in [9.17, 15) is 9.18 Å². The van der Waals surface area contributed by atoms with Gasteiger partial charge >= 0.3 is 0 Å². The zero-order valence-corrected chi connectivity index (χ0v) is 17.6. The number of carbonyl (C=O) groups is 1. The second-order valence-corrected chi connectivity index (χ2v) is 9.04. The number of amides is 1. The molecule has 0 bridgehead atoms. The molecule has 3 aliphatic rings. The maximum Gasteiger partial charge on any atom is 0.242 e. The van der Waals surface area contributed by atoms with Crippen LogP contribution in [0.25, 0.3) is 0 Å². The van der Waals surface area contributed by atoms with Gasteiger partial charge in [-0.15, -0.1) is 0 Å². The van der Waals surface area contributed by atoms with E-state index in [0.29, 0.717) is 18.9 Å². The van der Waals surface area contributed by atoms with Gasteiger partial charge in [-0.25, -0.2) is 15.2 Å². The summed E-state index contributed by atoms with van der Waals surface area (Å²) < 4.78 is 20.2. The van der Waals surface area contributed by atoms with Crippen LogP contribution in [0.1, 0.15) is 78.1 Å². The van der Waals surface area contributed by atoms with Crippen molar-refractivity contribution in [2.24, 2.45) is 5.92 Å². The first-order valence-corrected chi connectivity index (χ1v) is 11.4. The van der Waals surface area contributed by atoms with Crippen molar-refractivity contribution in [3.8, 4) is 0 Å². The lowest BCUT2D eigenvalue weighted by atomic mass is 9.83. The van der Waals surface area contributed by atoms with Gasteiger partial charge < -0.3 is 9.64 Å². The van der Waals surface area contributed by atoms with Crippen molar-refractivity contribution in [1.29, 1.82) is 0 Å². The maximum atomic E-state index is 14.6. The molecule has 6 nitrogen and oxygen atoms in total. The molecular weight excluding hydrogens is 359 g/mol. The number of hydrogen-bond donors (Lipinski definition) is 3. The van der Waals surface area contributed by atoms with E-state index in [4.69, 9.17) is 4.74 Å². The number of hydrogen-bond acceptors (Lipinski definition) is 5. The van der Waals surface area contributed by atoms with Crippen LogP contribution < -0.4 is 16.4 Å². The summed E-state index contributed by atoms with van der Waals surface area (Å²) in [5.41, 5.74) is 9.40. The van der Waals surface area contributed by atoms with Crippen LogP contribution in [0.15, 0.2) is 0 Å². The first-order chi connectivity index (χ1) is 13.6. The van der Waals surface area contributed by atoms with Crippen LogP contribution in [0.2, 0.25) is 0 Å². The number of hydrazine groups is 2. The topological polar surface area (TPSA) is 65.6 Å². The van der Waals surface area contributed by atoms with E-state index in [-0.39, 0.29) is 30.6 Å². The second kappa shape index (κ2) is 10.9. The molecule has 3 rings (SSSR count). The Hall–Kier alpha value is -0.760. The third-order valence-electron chi connectivity index (χ3n) is 6.49. The third-order valence-corrected chi connectivity index (χ3v) is 6.49. The lowest BCUT2D eigenvalue weighted by Gasteiger charge is -2.37. The minimum atomic E-state index is -1.12. The number of piperidine rings is 1. The molecule has 2 unspecified atom stereocenters. The molecule has 3 fully saturated rings. The molecule has 1 amide bonds. The van der Waals surface area contributed by atoms with Crippen molar-refractivity contribution in [1.82, 2.24) is 21.3 Å². The van der Waals surface area contributed by atoms with Gasteiger partial charge in [0.2, 0.25) is 5.91 Å². The number of alkyl halides is 1. The molecular formula is C21H39FN4O2. The average molecular weight is 399 g/mol. The Bertz CT molecular complexity index is 483. The molecule has 3 N–H and O–H groups in total. The fourth-order valence-corrected chi connectivity index (χ4v) is 4.96. The Labute approximate surface area is 169 Å². The highest BCUT2D eigenvalue weighted by atomic mass is 19.1. The number of carbonyl (C=O) groups excluding carboxylic acids is 1. The molecule has 162 valence electrons. The summed E-state index contributed by atoms with van der Waals surface area (Å²) in [6.45, 7) is 4.54. The predicted molar refractivity (Wildman–Crippen MR) is 108 cm³/mol. The van der Waals surface area contributed by atoms with Crippen molar-refractivity contribution in [2.45, 2.75) is 109 Å². The normalized spacial score (nSPS) is 33.9. The zero-order valence-electron chi connectivity index (χ0n) is 17.6. The van der Waals surface area contributed by atoms with Gasteiger partial charge in [0.1, 0.15) is 12.2 Å². The van der Waals surface area contributed by atoms with Gasteiger partial charge in [0, 0.05) is 6.54 Å². The van der Waals surface area contributed by atoms with E-state index in [1.165, 1.54) is 44.9 Å². The molecule has 0 spiro atoms. The molecule has 0 radical (unpaired) electrons. The molecule has 1 saturated carbocycles. The summed E-state index contributed by atoms with van der Waals surface area (Å²) in [6, 6.07) is -0.266. The van der Waals surface area contributed by atoms with Crippen molar-refractivity contribution in [3.05, 3.63) is 0 Å². The first-order valence-electron chi connectivity index (χ1n) is 11.4. The maximum absolute atomic E-state index is 14.6. The molecule has 2 aliphatic heterocycles. The standard InChI is InChI=1S/C21H39FN4O2/c1-15(2)28-18-12-13-26(14-17(18)22)21(27)20-19(23-25-24-20)16-10-8-6-4-3-5-7-9-11-16/h15-20,23-25H,3-14H2,1-2H3/t17-,18+,19?,20?/m1/s1. The second-order valence-electron chi connectivity index (χ2n) is 9.04. The fourth-order valence-electron chi connectivity index (χ4n) is 4.96. The molecule has 0 aromatic carbocycles. The summed E-state index contributed by atoms with van der Waals surface area (Å²) in [6.07, 6.45) is 10.4. The van der Waals surface area contributed by atoms with E-state index in [1.54, 1.807) is 4.90 Å². The van der Waals surface area contributed by atoms with Gasteiger partial charge in [-0.1, -0.05) is 44.9 Å². The summed E-state index contributed by atoms with van der Waals surface area (Å²) in [5, 5.41) is 0. The Morgan fingerprint density at radius 3 is 2.25 bits per heavy atom. The average Bonchev–Trinajstić information content (AvgIpc) is 3.16. The van der Waals surface area contributed by atoms with Crippen molar-refractivity contribution in [3.63, 3.8) is 0 Å². The van der Waals surface area contributed by atoms with Gasteiger partial charge in [0.25, 0.3) is 0 Å². The van der Waals surface area contributed by atoms with Crippen LogP contribution in [0, 0.1) is 5.92 Å². The molecule has 2 heterocycles. The lowest BCUT2D eigenvalue weighted by molar-refractivity contribution is -0.141. The zero-order chi connectivity index (χ0) is 19.9. The van der Waals surface area contributed by atoms with Crippen LogP contribution in [-0.4, -0.2) is 54.4 Å². The van der Waals surface area contributed by atoms with Crippen molar-refractivity contribution < 1.29 is 13.9 Å². The van der Waals surface area contributed by atoms with E-state index in [0.717, 1.165) is 12.8 Å². The smallest absolute Gasteiger partial charge is 0.242 e. The molecule has 0 aromatic heterocycles. The molecule has 4 atom stereocenters. The number of halogens is 1. The van der Waals surface area contributed by atoms with Crippen molar-refractivity contribution in [2.75, 3.05) is 13.1 Å². The van der Waals surface area contributed by atoms with Crippen LogP contribution in [0.4, 0.5) is 4.39 Å². The number of rotatable bonds is 4. The van der Waals surface area contributed by atoms with Crippen LogP contribution in [0.3, 0.4) is 0 Å². The Morgan fingerprint density at radius 2 is 1.64 bits per heavy atom. The highest BCUT2D eigenvalue weighted by Gasteiger charge is 2.42. The molecule has 0 aromatic rings. The molecule has 7 heteroatoms. The molecule has 1 aliphatic carbocycles. The molecule has 28 heavy (non-hydrogen) atoms. The Morgan fingerprint density at radius 1 is 1.00 bits per heavy atom. The minimum Gasteiger partial charge on any atom is -0.372 e. The van der Waals surface area contributed by atoms with Gasteiger partial charge in [-0.2, -0.15) is 5.53 Å². The third kappa shape index (κ3) is 5.88. The van der Waals surface area contributed by atoms with Crippen LogP contribution >= 0.6 is 0 Å². The van der Waals surface area contributed by atoms with E-state index in [2.05, 4.69) is 16.4 Å². The number of likely N-dealkylation sites (tertiary alicyclic amines) is 1. The van der Waals surface area contributed by atoms with Gasteiger partial charge in [0.05, 0.1) is 24.8 Å². The SMILES string of the molecule is CC(C)O[C@H]1CCN(C(=O)C2NNNC2C2CCCCCCCCC2)C[C@H]1F. The van der Waals surface area contributed by atoms with E-state index >= 15 is 0 Å². The first kappa shape index (κ1) is 21.9. The molecule has 2 saturated heterocycles. The summed E-state index contributed by atoms with van der Waals surface area (Å²) >= 11 is 0. The number of nitrogens with zero attached hydrogens (tertiary/aromatic N) is 1. The summed E-state index contributed by atoms with van der Waals surface area (Å²) in [7, 11) is 0. The quantitative estimate of drug-likeness (QED) is 0.680. The van der Waals surface area contributed by atoms with Gasteiger partial charge in [0.15, 0.2) is 0 Å². The number of nitrogens with one attached hydrogen (secondary N) is 3. The lowest BCUT2D eigenvalue weighted by Crippen LogP contribution is -2.56. The highest BCUT2D eigenvalue weighted by molar-refractivity contribution is 5.83. The van der Waals surface area contributed by atoms with Crippen LogP contribution in [0.5, 0.6) is 0 Å². The number of ether oxygens (including phenoxy) is 1. The summed E-state index contributed by atoms with van der Waals surface area (Å²) in [4.78, 5) is 14.9. The summed E-state index contributed by atoms with van der Waals surface area (Å²) in [5.74, 6) is 0.475. The van der Waals surface area contributed by atoms with Crippen LogP contribution in [-0.2, 0) is 9.53 Å². The monoisotopic (exact) mass is 398 g/mol. The Balaban J connectivity index is 1.57. The van der Waals surface area contributed by atoms with E-state index in [1.807, 2.05) is 13.8 Å². The van der Waals surface area contributed by atoms with E-state index < -0.39 is 12.3 Å². The van der Waals surface area contributed by atoms with Gasteiger partial charge in [-0.05, 0) is 39.0 Å². The Kier molecular flexibility index (Phi) is 8.51. The largest absolute Gasteiger partial charge is 0.372 e. The van der Waals surface area contributed by atoms with Gasteiger partial charge in [-0.3, -0.25) is 4.79 Å². The predicted octanol–water partition coefficient (Wildman–Crippen LogP) is 2.84. The van der Waals surface area contributed by atoms with Crippen molar-refractivity contribution >= 4 is 5.91 Å². The fraction of sp³-hybridized carbons (Fsp3) is 0.952.